The Morgan fingerprint density at radius 2 is 2.15 bits per heavy atom. The van der Waals surface area contributed by atoms with Crippen LogP contribution >= 0.6 is 11.8 Å². The quantitative estimate of drug-likeness (QED) is 0.667. The SMILES string of the molecule is CN1CCN(CCCNC(=O)CC2CSCCN2)CC1. The molecule has 0 bridgehead atoms. The number of thioether (sulfide) groups is 1. The highest BCUT2D eigenvalue weighted by Gasteiger charge is 2.16. The molecular weight excluding hydrogens is 272 g/mol. The number of rotatable bonds is 6. The molecule has 0 radical (unpaired) electrons. The molecule has 0 saturated carbocycles. The summed E-state index contributed by atoms with van der Waals surface area (Å²) in [5, 5.41) is 6.45. The molecule has 5 nitrogen and oxygen atoms in total. The van der Waals surface area contributed by atoms with Gasteiger partial charge in [-0.05, 0) is 20.0 Å². The molecule has 0 aromatic rings. The van der Waals surface area contributed by atoms with E-state index in [1.165, 1.54) is 5.75 Å². The van der Waals surface area contributed by atoms with E-state index >= 15 is 0 Å². The van der Waals surface area contributed by atoms with Gasteiger partial charge >= 0.3 is 0 Å². The lowest BCUT2D eigenvalue weighted by molar-refractivity contribution is -0.121. The summed E-state index contributed by atoms with van der Waals surface area (Å²) >= 11 is 1.94. The van der Waals surface area contributed by atoms with Gasteiger partial charge in [0.1, 0.15) is 0 Å². The van der Waals surface area contributed by atoms with Gasteiger partial charge in [-0.1, -0.05) is 0 Å². The van der Waals surface area contributed by atoms with Gasteiger partial charge < -0.3 is 20.4 Å². The zero-order valence-corrected chi connectivity index (χ0v) is 13.4. The van der Waals surface area contributed by atoms with Crippen LogP contribution in [-0.4, -0.2) is 86.1 Å². The topological polar surface area (TPSA) is 47.6 Å². The molecule has 2 heterocycles. The fourth-order valence-electron chi connectivity index (χ4n) is 2.65. The van der Waals surface area contributed by atoms with Crippen molar-refractivity contribution in [1.29, 1.82) is 0 Å². The third-order valence-corrected chi connectivity index (χ3v) is 5.13. The molecule has 0 aromatic heterocycles. The highest BCUT2D eigenvalue weighted by Crippen LogP contribution is 2.09. The number of carbonyl (C=O) groups is 1. The first-order valence-electron chi connectivity index (χ1n) is 7.73. The number of likely N-dealkylation sites (N-methyl/N-ethyl adjacent to an activating group) is 1. The molecule has 2 saturated heterocycles. The van der Waals surface area contributed by atoms with Gasteiger partial charge in [-0.2, -0.15) is 11.8 Å². The maximum atomic E-state index is 11.8. The van der Waals surface area contributed by atoms with Crippen LogP contribution in [0.2, 0.25) is 0 Å². The van der Waals surface area contributed by atoms with Gasteiger partial charge in [-0.15, -0.1) is 0 Å². The van der Waals surface area contributed by atoms with Gasteiger partial charge in [0.15, 0.2) is 0 Å². The van der Waals surface area contributed by atoms with Crippen molar-refractivity contribution < 1.29 is 4.79 Å². The van der Waals surface area contributed by atoms with Gasteiger partial charge in [0.05, 0.1) is 0 Å². The van der Waals surface area contributed by atoms with E-state index in [4.69, 9.17) is 0 Å². The Balaban J connectivity index is 1.48. The molecular formula is C14H28N4OS. The second kappa shape index (κ2) is 8.87. The molecule has 6 heteroatoms. The van der Waals surface area contributed by atoms with E-state index in [0.717, 1.165) is 58.0 Å². The molecule has 1 amide bonds. The number of amides is 1. The van der Waals surface area contributed by atoms with E-state index in [1.807, 2.05) is 11.8 Å². The molecule has 2 aliphatic rings. The van der Waals surface area contributed by atoms with Crippen LogP contribution in [0.1, 0.15) is 12.8 Å². The number of hydrogen-bond acceptors (Lipinski definition) is 5. The zero-order chi connectivity index (χ0) is 14.2. The predicted octanol–water partition coefficient (Wildman–Crippen LogP) is -0.165. The molecule has 2 aliphatic heterocycles. The summed E-state index contributed by atoms with van der Waals surface area (Å²) in [6.07, 6.45) is 1.68. The largest absolute Gasteiger partial charge is 0.356 e. The van der Waals surface area contributed by atoms with E-state index in [9.17, 15) is 4.79 Å². The van der Waals surface area contributed by atoms with Crippen LogP contribution in [0.25, 0.3) is 0 Å². The number of nitrogens with one attached hydrogen (secondary N) is 2. The van der Waals surface area contributed by atoms with E-state index in [0.29, 0.717) is 12.5 Å². The van der Waals surface area contributed by atoms with Gasteiger partial charge in [-0.25, -0.2) is 0 Å². The van der Waals surface area contributed by atoms with Gasteiger partial charge in [0, 0.05) is 63.2 Å². The predicted molar refractivity (Wildman–Crippen MR) is 85.3 cm³/mol. The number of nitrogens with zero attached hydrogens (tertiary/aromatic N) is 2. The Kier molecular flexibility index (Phi) is 7.13. The maximum absolute atomic E-state index is 11.8. The monoisotopic (exact) mass is 300 g/mol. The Morgan fingerprint density at radius 3 is 2.85 bits per heavy atom. The normalized spacial score (nSPS) is 25.6. The molecule has 2 N–H and O–H groups in total. The van der Waals surface area contributed by atoms with Crippen molar-refractivity contribution in [1.82, 2.24) is 20.4 Å². The average molecular weight is 300 g/mol. The number of piperazine rings is 1. The minimum Gasteiger partial charge on any atom is -0.356 e. The van der Waals surface area contributed by atoms with Crippen molar-refractivity contribution in [3.8, 4) is 0 Å². The van der Waals surface area contributed by atoms with Crippen molar-refractivity contribution in [2.24, 2.45) is 0 Å². The summed E-state index contributed by atoms with van der Waals surface area (Å²) in [5.41, 5.74) is 0. The lowest BCUT2D eigenvalue weighted by Gasteiger charge is -2.32. The first-order valence-corrected chi connectivity index (χ1v) is 8.88. The molecule has 0 aromatic carbocycles. The molecule has 116 valence electrons. The number of carbonyl (C=O) groups excluding carboxylic acids is 1. The first-order chi connectivity index (χ1) is 9.74. The summed E-state index contributed by atoms with van der Waals surface area (Å²) in [6.45, 7) is 7.60. The van der Waals surface area contributed by atoms with Crippen LogP contribution in [0, 0.1) is 0 Å². The molecule has 20 heavy (non-hydrogen) atoms. The Hall–Kier alpha value is -0.300. The van der Waals surface area contributed by atoms with Gasteiger partial charge in [0.2, 0.25) is 5.91 Å². The van der Waals surface area contributed by atoms with Gasteiger partial charge in [0.25, 0.3) is 0 Å². The summed E-state index contributed by atoms with van der Waals surface area (Å²) in [7, 11) is 2.18. The summed E-state index contributed by atoms with van der Waals surface area (Å²) in [6, 6.07) is 0.367. The summed E-state index contributed by atoms with van der Waals surface area (Å²) < 4.78 is 0. The highest BCUT2D eigenvalue weighted by atomic mass is 32.2. The van der Waals surface area contributed by atoms with Crippen molar-refractivity contribution in [2.45, 2.75) is 18.9 Å². The Morgan fingerprint density at radius 1 is 1.35 bits per heavy atom. The van der Waals surface area contributed by atoms with Crippen LogP contribution in [0.15, 0.2) is 0 Å². The maximum Gasteiger partial charge on any atom is 0.221 e. The summed E-state index contributed by atoms with van der Waals surface area (Å²) in [5.74, 6) is 2.43. The second-order valence-corrected chi connectivity index (χ2v) is 6.93. The zero-order valence-electron chi connectivity index (χ0n) is 12.6. The highest BCUT2D eigenvalue weighted by molar-refractivity contribution is 7.99. The lowest BCUT2D eigenvalue weighted by Crippen LogP contribution is -2.45. The molecule has 2 rings (SSSR count). The van der Waals surface area contributed by atoms with Crippen LogP contribution in [0.3, 0.4) is 0 Å². The van der Waals surface area contributed by atoms with Gasteiger partial charge in [-0.3, -0.25) is 4.79 Å². The first kappa shape index (κ1) is 16.1. The average Bonchev–Trinajstić information content (AvgIpc) is 2.46. The van der Waals surface area contributed by atoms with Crippen LogP contribution in [-0.2, 0) is 4.79 Å². The summed E-state index contributed by atoms with van der Waals surface area (Å²) in [4.78, 5) is 16.7. The smallest absolute Gasteiger partial charge is 0.221 e. The fourth-order valence-corrected chi connectivity index (χ4v) is 3.60. The number of hydrogen-bond donors (Lipinski definition) is 2. The molecule has 0 spiro atoms. The van der Waals surface area contributed by atoms with Crippen LogP contribution < -0.4 is 10.6 Å². The standard InChI is InChI=1S/C14H28N4OS/c1-17-6-8-18(9-7-17)5-2-3-16-14(19)11-13-12-20-10-4-15-13/h13,15H,2-12H2,1H3,(H,16,19). The second-order valence-electron chi connectivity index (χ2n) is 5.78. The van der Waals surface area contributed by atoms with E-state index in [-0.39, 0.29) is 5.91 Å². The van der Waals surface area contributed by atoms with Crippen LogP contribution in [0.5, 0.6) is 0 Å². The van der Waals surface area contributed by atoms with E-state index in [1.54, 1.807) is 0 Å². The van der Waals surface area contributed by atoms with Crippen molar-refractivity contribution in [3.05, 3.63) is 0 Å². The van der Waals surface area contributed by atoms with Crippen LogP contribution in [0.4, 0.5) is 0 Å². The lowest BCUT2D eigenvalue weighted by atomic mass is 10.2. The molecule has 1 atom stereocenters. The molecule has 0 aliphatic carbocycles. The third-order valence-electron chi connectivity index (χ3n) is 4.00. The minimum atomic E-state index is 0.198. The molecule has 1 unspecified atom stereocenters. The van der Waals surface area contributed by atoms with Crippen molar-refractivity contribution in [3.63, 3.8) is 0 Å². The van der Waals surface area contributed by atoms with E-state index < -0.39 is 0 Å². The third kappa shape index (κ3) is 5.99. The van der Waals surface area contributed by atoms with Crippen molar-refractivity contribution >= 4 is 17.7 Å². The minimum absolute atomic E-state index is 0.198. The van der Waals surface area contributed by atoms with Crippen molar-refractivity contribution in [2.75, 3.05) is 64.4 Å². The van der Waals surface area contributed by atoms with E-state index in [2.05, 4.69) is 27.5 Å². The molecule has 2 fully saturated rings. The Labute approximate surface area is 126 Å². The fraction of sp³-hybridized carbons (Fsp3) is 0.929. The Bertz CT molecular complexity index is 289.